The van der Waals surface area contributed by atoms with Crippen molar-refractivity contribution < 1.29 is 13.2 Å². The SMILES string of the molecule is N#Cc1c(Cl)cccc1Sc1ccc(C(F)(F)F)cn1. The molecule has 0 unspecified atom stereocenters. The molecule has 2 nitrogen and oxygen atoms in total. The summed E-state index contributed by atoms with van der Waals surface area (Å²) >= 11 is 6.96. The van der Waals surface area contributed by atoms with Crippen LogP contribution in [0.25, 0.3) is 0 Å². The molecule has 1 aromatic heterocycles. The summed E-state index contributed by atoms with van der Waals surface area (Å²) in [5.41, 5.74) is -0.533. The minimum Gasteiger partial charge on any atom is -0.249 e. The molecule has 0 aliphatic heterocycles. The van der Waals surface area contributed by atoms with Crippen molar-refractivity contribution in [3.8, 4) is 6.07 Å². The van der Waals surface area contributed by atoms with E-state index < -0.39 is 11.7 Å². The lowest BCUT2D eigenvalue weighted by Crippen LogP contribution is -2.05. The topological polar surface area (TPSA) is 36.7 Å². The van der Waals surface area contributed by atoms with Gasteiger partial charge in [0.15, 0.2) is 0 Å². The molecule has 0 amide bonds. The summed E-state index contributed by atoms with van der Waals surface area (Å²) in [6.07, 6.45) is -3.65. The highest BCUT2D eigenvalue weighted by atomic mass is 35.5. The van der Waals surface area contributed by atoms with E-state index in [4.69, 9.17) is 16.9 Å². The lowest BCUT2D eigenvalue weighted by atomic mass is 10.2. The molecule has 1 aromatic carbocycles. The van der Waals surface area contributed by atoms with Crippen LogP contribution in [0.3, 0.4) is 0 Å². The second-order valence-corrected chi connectivity index (χ2v) is 5.18. The number of rotatable bonds is 2. The normalized spacial score (nSPS) is 11.2. The third-order valence-corrected chi connectivity index (χ3v) is 3.69. The molecule has 2 rings (SSSR count). The first-order valence-corrected chi connectivity index (χ1v) is 6.51. The Morgan fingerprint density at radius 2 is 1.95 bits per heavy atom. The van der Waals surface area contributed by atoms with E-state index in [1.807, 2.05) is 6.07 Å². The summed E-state index contributed by atoms with van der Waals surface area (Å²) in [5.74, 6) is 0. The van der Waals surface area contributed by atoms with E-state index in [-0.39, 0.29) is 5.56 Å². The molecule has 0 fully saturated rings. The van der Waals surface area contributed by atoms with Gasteiger partial charge in [0.25, 0.3) is 0 Å². The minimum atomic E-state index is -4.41. The fourth-order valence-corrected chi connectivity index (χ4v) is 2.56. The Morgan fingerprint density at radius 1 is 1.20 bits per heavy atom. The molecule has 102 valence electrons. The van der Waals surface area contributed by atoms with Crippen LogP contribution in [-0.4, -0.2) is 4.98 Å². The highest BCUT2D eigenvalue weighted by molar-refractivity contribution is 7.99. The maximum absolute atomic E-state index is 12.4. The van der Waals surface area contributed by atoms with E-state index in [9.17, 15) is 13.2 Å². The largest absolute Gasteiger partial charge is 0.417 e. The molecule has 0 aliphatic rings. The van der Waals surface area contributed by atoms with Gasteiger partial charge in [-0.1, -0.05) is 29.4 Å². The number of benzene rings is 1. The molecule has 0 saturated carbocycles. The number of hydrogen-bond donors (Lipinski definition) is 0. The zero-order valence-electron chi connectivity index (χ0n) is 9.78. The minimum absolute atomic E-state index is 0.279. The highest BCUT2D eigenvalue weighted by Gasteiger charge is 2.30. The smallest absolute Gasteiger partial charge is 0.249 e. The molecule has 0 radical (unpaired) electrons. The lowest BCUT2D eigenvalue weighted by Gasteiger charge is -2.07. The molecule has 2 aromatic rings. The maximum Gasteiger partial charge on any atom is 0.417 e. The van der Waals surface area contributed by atoms with Crippen LogP contribution in [0.1, 0.15) is 11.1 Å². The Kier molecular flexibility index (Phi) is 4.21. The number of aromatic nitrogens is 1. The molecule has 1 heterocycles. The maximum atomic E-state index is 12.4. The van der Waals surface area contributed by atoms with Crippen molar-refractivity contribution in [1.82, 2.24) is 4.98 Å². The van der Waals surface area contributed by atoms with Crippen molar-refractivity contribution in [3.05, 3.63) is 52.7 Å². The van der Waals surface area contributed by atoms with E-state index in [2.05, 4.69) is 4.98 Å². The van der Waals surface area contributed by atoms with Gasteiger partial charge >= 0.3 is 6.18 Å². The average Bonchev–Trinajstić information content (AvgIpc) is 2.38. The summed E-state index contributed by atoms with van der Waals surface area (Å²) in [6.45, 7) is 0. The van der Waals surface area contributed by atoms with Gasteiger partial charge in [-0.2, -0.15) is 18.4 Å². The van der Waals surface area contributed by atoms with Gasteiger partial charge < -0.3 is 0 Å². The molecule has 7 heteroatoms. The highest BCUT2D eigenvalue weighted by Crippen LogP contribution is 2.34. The third-order valence-electron chi connectivity index (χ3n) is 2.37. The molecular formula is C13H6ClF3N2S. The van der Waals surface area contributed by atoms with E-state index in [0.29, 0.717) is 14.9 Å². The van der Waals surface area contributed by atoms with Gasteiger partial charge in [0, 0.05) is 11.1 Å². The second kappa shape index (κ2) is 5.73. The number of nitrogens with zero attached hydrogens (tertiary/aromatic N) is 2. The summed E-state index contributed by atoms with van der Waals surface area (Å²) in [6, 6.07) is 9.07. The first-order chi connectivity index (χ1) is 9.41. The van der Waals surface area contributed by atoms with E-state index >= 15 is 0 Å². The number of nitriles is 1. The molecule has 0 aliphatic carbocycles. The summed E-state index contributed by atoms with van der Waals surface area (Å²) in [4.78, 5) is 4.28. The van der Waals surface area contributed by atoms with Gasteiger partial charge in [-0.25, -0.2) is 4.98 Å². The molecule has 0 saturated heterocycles. The number of alkyl halides is 3. The monoisotopic (exact) mass is 314 g/mol. The van der Waals surface area contributed by atoms with Crippen LogP contribution in [0.5, 0.6) is 0 Å². The molecular weight excluding hydrogens is 309 g/mol. The van der Waals surface area contributed by atoms with Gasteiger partial charge in [-0.3, -0.25) is 0 Å². The average molecular weight is 315 g/mol. The predicted molar refractivity (Wildman–Crippen MR) is 69.5 cm³/mol. The van der Waals surface area contributed by atoms with Crippen LogP contribution in [0.4, 0.5) is 13.2 Å². The van der Waals surface area contributed by atoms with Gasteiger partial charge in [0.2, 0.25) is 0 Å². The van der Waals surface area contributed by atoms with Crippen molar-refractivity contribution in [2.45, 2.75) is 16.1 Å². The first kappa shape index (κ1) is 14.7. The number of hydrogen-bond acceptors (Lipinski definition) is 3. The van der Waals surface area contributed by atoms with Crippen LogP contribution in [0.15, 0.2) is 46.5 Å². The Balaban J connectivity index is 2.28. The second-order valence-electron chi connectivity index (χ2n) is 3.71. The van der Waals surface area contributed by atoms with E-state index in [1.54, 1.807) is 18.2 Å². The fourth-order valence-electron chi connectivity index (χ4n) is 1.42. The van der Waals surface area contributed by atoms with Crippen molar-refractivity contribution in [2.24, 2.45) is 0 Å². The quantitative estimate of drug-likeness (QED) is 0.800. The Labute approximate surface area is 122 Å². The predicted octanol–water partition coefficient (Wildman–Crippen LogP) is 4.78. The number of pyridine rings is 1. The van der Waals surface area contributed by atoms with Crippen molar-refractivity contribution in [2.75, 3.05) is 0 Å². The molecule has 0 bridgehead atoms. The van der Waals surface area contributed by atoms with E-state index in [0.717, 1.165) is 24.0 Å². The van der Waals surface area contributed by atoms with Gasteiger partial charge in [0.1, 0.15) is 11.1 Å². The van der Waals surface area contributed by atoms with Crippen LogP contribution in [0, 0.1) is 11.3 Å². The Bertz CT molecular complexity index is 663. The summed E-state index contributed by atoms with van der Waals surface area (Å²) in [7, 11) is 0. The lowest BCUT2D eigenvalue weighted by molar-refractivity contribution is -0.137. The van der Waals surface area contributed by atoms with E-state index in [1.165, 1.54) is 6.07 Å². The summed E-state index contributed by atoms with van der Waals surface area (Å²) in [5, 5.41) is 9.66. The first-order valence-electron chi connectivity index (χ1n) is 5.31. The Morgan fingerprint density at radius 3 is 2.50 bits per heavy atom. The van der Waals surface area contributed by atoms with Gasteiger partial charge in [0.05, 0.1) is 16.1 Å². The van der Waals surface area contributed by atoms with Crippen LogP contribution in [0.2, 0.25) is 5.02 Å². The Hall–Kier alpha value is -1.71. The molecule has 0 N–H and O–H groups in total. The van der Waals surface area contributed by atoms with Crippen LogP contribution in [-0.2, 0) is 6.18 Å². The van der Waals surface area contributed by atoms with Crippen molar-refractivity contribution in [1.29, 1.82) is 5.26 Å². The third kappa shape index (κ3) is 3.24. The van der Waals surface area contributed by atoms with Gasteiger partial charge in [-0.15, -0.1) is 0 Å². The van der Waals surface area contributed by atoms with Crippen LogP contribution < -0.4 is 0 Å². The van der Waals surface area contributed by atoms with Gasteiger partial charge in [-0.05, 0) is 24.3 Å². The zero-order chi connectivity index (χ0) is 14.8. The molecule has 0 atom stereocenters. The number of halogens is 4. The summed E-state index contributed by atoms with van der Waals surface area (Å²) < 4.78 is 37.2. The standard InChI is InChI=1S/C13H6ClF3N2S/c14-10-2-1-3-11(9(10)6-18)20-12-5-4-8(7-19-12)13(15,16)17/h1-5,7H. The van der Waals surface area contributed by atoms with Crippen LogP contribution >= 0.6 is 23.4 Å². The van der Waals surface area contributed by atoms with Crippen molar-refractivity contribution >= 4 is 23.4 Å². The fraction of sp³-hybridized carbons (Fsp3) is 0.0769. The molecule has 0 spiro atoms. The molecule has 20 heavy (non-hydrogen) atoms. The van der Waals surface area contributed by atoms with Crippen molar-refractivity contribution in [3.63, 3.8) is 0 Å². The zero-order valence-corrected chi connectivity index (χ0v) is 11.4.